The summed E-state index contributed by atoms with van der Waals surface area (Å²) in [6.45, 7) is 8.48. The zero-order chi connectivity index (χ0) is 27.0. The van der Waals surface area contributed by atoms with Crippen LogP contribution in [0.5, 0.6) is 5.75 Å². The van der Waals surface area contributed by atoms with Crippen LogP contribution in [0.2, 0.25) is 0 Å². The third-order valence-electron chi connectivity index (χ3n) is 8.56. The number of fused-ring (bicyclic) bond motifs is 6. The Morgan fingerprint density at radius 1 is 0.600 bits per heavy atom. The molecule has 2 heterocycles. The highest BCUT2D eigenvalue weighted by molar-refractivity contribution is 6.25. The molecule has 0 N–H and O–H groups in total. The Bertz CT molecular complexity index is 2110. The smallest absolute Gasteiger partial charge is 0.136 e. The third-order valence-corrected chi connectivity index (χ3v) is 8.56. The first-order valence-corrected chi connectivity index (χ1v) is 13.8. The number of para-hydroxylation sites is 1. The zero-order valence-corrected chi connectivity index (χ0v) is 22.6. The average Bonchev–Trinajstić information content (AvgIpc) is 3.46. The fourth-order valence-electron chi connectivity index (χ4n) is 6.78. The first-order chi connectivity index (χ1) is 19.5. The van der Waals surface area contributed by atoms with Crippen LogP contribution in [-0.4, -0.2) is 5.60 Å². The van der Waals surface area contributed by atoms with Gasteiger partial charge >= 0.3 is 0 Å². The van der Waals surface area contributed by atoms with Gasteiger partial charge in [-0.25, -0.2) is 0 Å². The molecule has 0 saturated carbocycles. The summed E-state index contributed by atoms with van der Waals surface area (Å²) in [5, 5.41) is 7.04. The molecule has 192 valence electrons. The van der Waals surface area contributed by atoms with Gasteiger partial charge < -0.3 is 9.15 Å². The molecule has 2 heteroatoms. The van der Waals surface area contributed by atoms with Gasteiger partial charge in [-0.1, -0.05) is 84.9 Å². The SMILES string of the molecule is C=CC1c2cc3c(-c4ccccc4)c4cc5c(cc4c(-c4ccccc4)c3cc2OC1(C)C)oc1ccccc15. The summed E-state index contributed by atoms with van der Waals surface area (Å²) in [4.78, 5) is 0. The van der Waals surface area contributed by atoms with Gasteiger partial charge in [0.1, 0.15) is 22.5 Å². The van der Waals surface area contributed by atoms with Crippen molar-refractivity contribution in [3.63, 3.8) is 0 Å². The van der Waals surface area contributed by atoms with E-state index in [4.69, 9.17) is 9.15 Å². The van der Waals surface area contributed by atoms with E-state index in [0.29, 0.717) is 0 Å². The van der Waals surface area contributed by atoms with Gasteiger partial charge in [-0.15, -0.1) is 6.58 Å². The highest BCUT2D eigenvalue weighted by Gasteiger charge is 2.40. The largest absolute Gasteiger partial charge is 0.487 e. The van der Waals surface area contributed by atoms with Crippen LogP contribution in [0.1, 0.15) is 25.3 Å². The lowest BCUT2D eigenvalue weighted by molar-refractivity contribution is 0.124. The maximum Gasteiger partial charge on any atom is 0.136 e. The molecule has 0 spiro atoms. The monoisotopic (exact) mass is 516 g/mol. The molecule has 2 nitrogen and oxygen atoms in total. The summed E-state index contributed by atoms with van der Waals surface area (Å²) in [6, 6.07) is 38.9. The molecule has 1 unspecified atom stereocenters. The van der Waals surface area contributed by atoms with Crippen LogP contribution < -0.4 is 4.74 Å². The fraction of sp³-hybridized carbons (Fsp3) is 0.105. The first-order valence-electron chi connectivity index (χ1n) is 13.8. The molecule has 6 aromatic carbocycles. The Hall–Kier alpha value is -4.82. The summed E-state index contributed by atoms with van der Waals surface area (Å²) >= 11 is 0. The molecule has 7 aromatic rings. The predicted octanol–water partition coefficient (Wildman–Crippen LogP) is 10.7. The van der Waals surface area contributed by atoms with Crippen LogP contribution >= 0.6 is 0 Å². The number of furan rings is 1. The number of benzene rings is 6. The third kappa shape index (κ3) is 3.23. The van der Waals surface area contributed by atoms with Crippen molar-refractivity contribution in [2.45, 2.75) is 25.4 Å². The predicted molar refractivity (Wildman–Crippen MR) is 167 cm³/mol. The number of hydrogen-bond acceptors (Lipinski definition) is 2. The van der Waals surface area contributed by atoms with Crippen molar-refractivity contribution >= 4 is 43.5 Å². The molecule has 0 bridgehead atoms. The van der Waals surface area contributed by atoms with E-state index >= 15 is 0 Å². The van der Waals surface area contributed by atoms with Gasteiger partial charge in [0.05, 0.1) is 0 Å². The summed E-state index contributed by atoms with van der Waals surface area (Å²) in [7, 11) is 0. The van der Waals surface area contributed by atoms with Crippen molar-refractivity contribution in [1.29, 1.82) is 0 Å². The van der Waals surface area contributed by atoms with Crippen LogP contribution in [0.15, 0.2) is 126 Å². The average molecular weight is 517 g/mol. The quantitative estimate of drug-likeness (QED) is 0.172. The van der Waals surface area contributed by atoms with E-state index in [9.17, 15) is 0 Å². The Morgan fingerprint density at radius 2 is 1.18 bits per heavy atom. The molecule has 1 aliphatic heterocycles. The minimum atomic E-state index is -0.362. The second-order valence-corrected chi connectivity index (χ2v) is 11.3. The van der Waals surface area contributed by atoms with Crippen molar-refractivity contribution < 1.29 is 9.15 Å². The van der Waals surface area contributed by atoms with Crippen molar-refractivity contribution in [3.05, 3.63) is 127 Å². The van der Waals surface area contributed by atoms with Gasteiger partial charge in [0.2, 0.25) is 0 Å². The van der Waals surface area contributed by atoms with Gasteiger partial charge in [0, 0.05) is 22.3 Å². The molecule has 1 aliphatic rings. The van der Waals surface area contributed by atoms with Crippen LogP contribution in [0, 0.1) is 0 Å². The number of ether oxygens (including phenoxy) is 1. The van der Waals surface area contributed by atoms with Gasteiger partial charge in [-0.3, -0.25) is 0 Å². The molecule has 0 amide bonds. The van der Waals surface area contributed by atoms with Crippen molar-refractivity contribution in [1.82, 2.24) is 0 Å². The van der Waals surface area contributed by atoms with Crippen molar-refractivity contribution in [2.75, 3.05) is 0 Å². The van der Waals surface area contributed by atoms with E-state index in [1.54, 1.807) is 0 Å². The normalized spacial score (nSPS) is 16.0. The molecule has 0 aliphatic carbocycles. The molecule has 1 atom stereocenters. The topological polar surface area (TPSA) is 22.4 Å². The van der Waals surface area contributed by atoms with Gasteiger partial charge in [-0.2, -0.15) is 0 Å². The number of rotatable bonds is 3. The second-order valence-electron chi connectivity index (χ2n) is 11.3. The second kappa shape index (κ2) is 8.34. The van der Waals surface area contributed by atoms with E-state index < -0.39 is 0 Å². The van der Waals surface area contributed by atoms with Crippen LogP contribution in [0.3, 0.4) is 0 Å². The standard InChI is InChI=1S/C38H28O2/c1-4-32-31-20-28-30(22-35(31)40-38(32,2)3)37(24-15-9-6-10-16-24)29-21-34-26(25-17-11-12-18-33(25)39-34)19-27(29)36(28)23-13-7-5-8-14-23/h4-22,32H,1H2,2-3H3. The Kier molecular flexibility index (Phi) is 4.82. The lowest BCUT2D eigenvalue weighted by atomic mass is 9.82. The number of hydrogen-bond donors (Lipinski definition) is 0. The van der Waals surface area contributed by atoms with Gasteiger partial charge in [0.25, 0.3) is 0 Å². The van der Waals surface area contributed by atoms with Gasteiger partial charge in [-0.05, 0) is 88.0 Å². The Labute approximate surface area is 233 Å². The highest BCUT2D eigenvalue weighted by atomic mass is 16.5. The van der Waals surface area contributed by atoms with Crippen LogP contribution in [-0.2, 0) is 0 Å². The summed E-state index contributed by atoms with van der Waals surface area (Å²) in [5.41, 5.74) is 7.42. The van der Waals surface area contributed by atoms with Crippen molar-refractivity contribution in [2.24, 2.45) is 0 Å². The van der Waals surface area contributed by atoms with Gasteiger partial charge in [0.15, 0.2) is 0 Å². The Morgan fingerprint density at radius 3 is 1.85 bits per heavy atom. The summed E-state index contributed by atoms with van der Waals surface area (Å²) < 4.78 is 13.0. The minimum absolute atomic E-state index is 0.103. The van der Waals surface area contributed by atoms with E-state index in [0.717, 1.165) is 27.7 Å². The van der Waals surface area contributed by atoms with E-state index in [1.807, 2.05) is 18.2 Å². The summed E-state index contributed by atoms with van der Waals surface area (Å²) in [6.07, 6.45) is 2.03. The maximum absolute atomic E-state index is 6.57. The zero-order valence-electron chi connectivity index (χ0n) is 22.6. The Balaban J connectivity index is 1.62. The fourth-order valence-corrected chi connectivity index (χ4v) is 6.78. The molecule has 40 heavy (non-hydrogen) atoms. The maximum atomic E-state index is 6.57. The molecule has 1 aromatic heterocycles. The molecule has 0 saturated heterocycles. The van der Waals surface area contributed by atoms with E-state index in [2.05, 4.69) is 117 Å². The molecule has 0 radical (unpaired) electrons. The molecule has 0 fully saturated rings. The van der Waals surface area contributed by atoms with Crippen molar-refractivity contribution in [3.8, 4) is 28.0 Å². The first kappa shape index (κ1) is 23.1. The van der Waals surface area contributed by atoms with Crippen LogP contribution in [0.25, 0.3) is 65.7 Å². The van der Waals surface area contributed by atoms with E-state index in [1.165, 1.54) is 49.4 Å². The van der Waals surface area contributed by atoms with Crippen LogP contribution in [0.4, 0.5) is 0 Å². The summed E-state index contributed by atoms with van der Waals surface area (Å²) in [5.74, 6) is 1.04. The highest BCUT2D eigenvalue weighted by Crippen LogP contribution is 2.52. The molecule has 8 rings (SSSR count). The lowest BCUT2D eigenvalue weighted by Gasteiger charge is -2.23. The lowest BCUT2D eigenvalue weighted by Crippen LogP contribution is -2.28. The molecular formula is C38H28O2. The molecular weight excluding hydrogens is 488 g/mol. The minimum Gasteiger partial charge on any atom is -0.487 e. The van der Waals surface area contributed by atoms with E-state index in [-0.39, 0.29) is 11.5 Å².